The predicted octanol–water partition coefficient (Wildman–Crippen LogP) is 4.49. The molecular formula is C21H29NO. The highest BCUT2D eigenvalue weighted by Crippen LogP contribution is 2.16. The van der Waals surface area contributed by atoms with Crippen molar-refractivity contribution in [2.45, 2.75) is 45.9 Å². The first-order valence-electron chi connectivity index (χ1n) is 8.67. The molecule has 0 saturated carbocycles. The van der Waals surface area contributed by atoms with Gasteiger partial charge in [0.15, 0.2) is 0 Å². The van der Waals surface area contributed by atoms with E-state index in [0.29, 0.717) is 0 Å². The fraction of sp³-hybridized carbons (Fsp3) is 0.429. The van der Waals surface area contributed by atoms with Gasteiger partial charge in [-0.05, 0) is 23.5 Å². The van der Waals surface area contributed by atoms with Crippen LogP contribution in [0, 0.1) is 5.92 Å². The molecule has 0 aromatic heterocycles. The predicted molar refractivity (Wildman–Crippen MR) is 97.1 cm³/mol. The highest BCUT2D eigenvalue weighted by atomic mass is 16.3. The Morgan fingerprint density at radius 1 is 0.870 bits per heavy atom. The number of nitrogens with zero attached hydrogens (tertiary/aromatic N) is 1. The summed E-state index contributed by atoms with van der Waals surface area (Å²) in [5, 5.41) is 10.3. The largest absolute Gasteiger partial charge is 0.393 e. The second-order valence-corrected chi connectivity index (χ2v) is 6.47. The first-order valence-corrected chi connectivity index (χ1v) is 8.67. The lowest BCUT2D eigenvalue weighted by Gasteiger charge is -2.28. The summed E-state index contributed by atoms with van der Waals surface area (Å²) in [5.41, 5.74) is 2.64. The molecular weight excluding hydrogens is 282 g/mol. The first kappa shape index (κ1) is 17.7. The molecule has 0 spiro atoms. The van der Waals surface area contributed by atoms with E-state index in [0.717, 1.165) is 32.5 Å². The second kappa shape index (κ2) is 9.49. The zero-order valence-electron chi connectivity index (χ0n) is 14.4. The van der Waals surface area contributed by atoms with E-state index >= 15 is 0 Å². The van der Waals surface area contributed by atoms with E-state index in [1.165, 1.54) is 11.1 Å². The molecule has 124 valence electrons. The molecule has 0 heterocycles. The maximum atomic E-state index is 10.3. The second-order valence-electron chi connectivity index (χ2n) is 6.47. The van der Waals surface area contributed by atoms with Crippen LogP contribution in [0.4, 0.5) is 0 Å². The third-order valence-corrected chi connectivity index (χ3v) is 4.29. The Morgan fingerprint density at radius 3 is 1.78 bits per heavy atom. The molecule has 0 saturated heterocycles. The summed E-state index contributed by atoms with van der Waals surface area (Å²) in [5.74, 6) is 0.280. The average molecular weight is 311 g/mol. The lowest BCUT2D eigenvalue weighted by molar-refractivity contribution is 0.0762. The summed E-state index contributed by atoms with van der Waals surface area (Å²) in [6.45, 7) is 7.02. The van der Waals surface area contributed by atoms with Crippen molar-refractivity contribution in [3.8, 4) is 0 Å². The van der Waals surface area contributed by atoms with E-state index in [9.17, 15) is 5.11 Å². The van der Waals surface area contributed by atoms with E-state index in [1.54, 1.807) is 0 Å². The molecule has 0 unspecified atom stereocenters. The number of rotatable bonds is 9. The number of hydrogen-bond donors (Lipinski definition) is 1. The Kier molecular flexibility index (Phi) is 7.31. The van der Waals surface area contributed by atoms with Crippen LogP contribution in [-0.2, 0) is 13.1 Å². The van der Waals surface area contributed by atoms with Crippen LogP contribution in [0.25, 0.3) is 0 Å². The third-order valence-electron chi connectivity index (χ3n) is 4.29. The van der Waals surface area contributed by atoms with E-state index in [-0.39, 0.29) is 12.0 Å². The molecule has 2 nitrogen and oxygen atoms in total. The van der Waals surface area contributed by atoms with Crippen LogP contribution in [0.1, 0.15) is 37.8 Å². The van der Waals surface area contributed by atoms with Gasteiger partial charge in [-0.1, -0.05) is 80.9 Å². The van der Waals surface area contributed by atoms with Gasteiger partial charge in [-0.2, -0.15) is 0 Å². The van der Waals surface area contributed by atoms with Crippen molar-refractivity contribution in [2.24, 2.45) is 5.92 Å². The van der Waals surface area contributed by atoms with Crippen LogP contribution in [0.15, 0.2) is 60.7 Å². The number of hydrogen-bond acceptors (Lipinski definition) is 2. The SMILES string of the molecule is CCC[C@H](O)[C@H](C)CN(Cc1ccccc1)Cc1ccccc1. The molecule has 0 bridgehead atoms. The molecule has 2 rings (SSSR count). The highest BCUT2D eigenvalue weighted by Gasteiger charge is 2.17. The van der Waals surface area contributed by atoms with E-state index in [2.05, 4.69) is 79.4 Å². The van der Waals surface area contributed by atoms with Gasteiger partial charge >= 0.3 is 0 Å². The van der Waals surface area contributed by atoms with Crippen molar-refractivity contribution in [1.29, 1.82) is 0 Å². The van der Waals surface area contributed by atoms with Gasteiger partial charge in [0.05, 0.1) is 6.10 Å². The van der Waals surface area contributed by atoms with Gasteiger partial charge in [0.1, 0.15) is 0 Å². The first-order chi connectivity index (χ1) is 11.2. The van der Waals surface area contributed by atoms with Gasteiger partial charge in [-0.3, -0.25) is 4.90 Å². The Labute approximate surface area is 140 Å². The Bertz CT molecular complexity index is 499. The maximum Gasteiger partial charge on any atom is 0.0577 e. The molecule has 0 radical (unpaired) electrons. The third kappa shape index (κ3) is 6.17. The molecule has 2 aromatic carbocycles. The lowest BCUT2D eigenvalue weighted by Crippen LogP contribution is -2.33. The van der Waals surface area contributed by atoms with Crippen LogP contribution in [0.5, 0.6) is 0 Å². The zero-order valence-corrected chi connectivity index (χ0v) is 14.4. The summed E-state index contributed by atoms with van der Waals surface area (Å²) in [6, 6.07) is 21.2. The molecule has 0 aliphatic carbocycles. The fourth-order valence-electron chi connectivity index (χ4n) is 2.98. The van der Waals surface area contributed by atoms with E-state index in [1.807, 2.05) is 0 Å². The minimum atomic E-state index is -0.214. The minimum absolute atomic E-state index is 0.214. The molecule has 0 aliphatic heterocycles. The van der Waals surface area contributed by atoms with Crippen LogP contribution < -0.4 is 0 Å². The smallest absolute Gasteiger partial charge is 0.0577 e. The summed E-state index contributed by atoms with van der Waals surface area (Å²) in [4.78, 5) is 2.44. The Morgan fingerprint density at radius 2 is 1.35 bits per heavy atom. The van der Waals surface area contributed by atoms with Crippen molar-refractivity contribution in [3.05, 3.63) is 71.8 Å². The number of aliphatic hydroxyl groups is 1. The van der Waals surface area contributed by atoms with Gasteiger partial charge in [0.25, 0.3) is 0 Å². The topological polar surface area (TPSA) is 23.5 Å². The molecule has 2 heteroatoms. The summed E-state index contributed by atoms with van der Waals surface area (Å²) in [7, 11) is 0. The van der Waals surface area contributed by atoms with E-state index < -0.39 is 0 Å². The molecule has 23 heavy (non-hydrogen) atoms. The summed E-state index contributed by atoms with van der Waals surface area (Å²) in [6.07, 6.45) is 1.70. The van der Waals surface area contributed by atoms with Crippen LogP contribution in [-0.4, -0.2) is 22.7 Å². The number of aliphatic hydroxyl groups excluding tert-OH is 1. The van der Waals surface area contributed by atoms with Crippen molar-refractivity contribution in [1.82, 2.24) is 4.90 Å². The highest BCUT2D eigenvalue weighted by molar-refractivity contribution is 5.17. The molecule has 2 aromatic rings. The normalized spacial score (nSPS) is 13.9. The van der Waals surface area contributed by atoms with E-state index in [4.69, 9.17) is 0 Å². The molecule has 1 N–H and O–H groups in total. The van der Waals surface area contributed by atoms with Gasteiger partial charge in [-0.25, -0.2) is 0 Å². The van der Waals surface area contributed by atoms with Crippen LogP contribution in [0.3, 0.4) is 0 Å². The number of benzene rings is 2. The monoisotopic (exact) mass is 311 g/mol. The van der Waals surface area contributed by atoms with Crippen molar-refractivity contribution >= 4 is 0 Å². The van der Waals surface area contributed by atoms with Crippen LogP contribution in [0.2, 0.25) is 0 Å². The molecule has 2 atom stereocenters. The summed E-state index contributed by atoms with van der Waals surface area (Å²) >= 11 is 0. The molecule has 0 amide bonds. The van der Waals surface area contributed by atoms with Crippen molar-refractivity contribution in [3.63, 3.8) is 0 Å². The quantitative estimate of drug-likeness (QED) is 0.738. The Hall–Kier alpha value is -1.64. The van der Waals surface area contributed by atoms with Gasteiger partial charge in [0.2, 0.25) is 0 Å². The van der Waals surface area contributed by atoms with Crippen molar-refractivity contribution in [2.75, 3.05) is 6.54 Å². The zero-order chi connectivity index (χ0) is 16.5. The van der Waals surface area contributed by atoms with Crippen molar-refractivity contribution < 1.29 is 5.11 Å². The Balaban J connectivity index is 2.04. The molecule has 0 fully saturated rings. The van der Waals surface area contributed by atoms with Gasteiger partial charge in [-0.15, -0.1) is 0 Å². The summed E-state index contributed by atoms with van der Waals surface area (Å²) < 4.78 is 0. The minimum Gasteiger partial charge on any atom is -0.393 e. The van der Waals surface area contributed by atoms with Crippen LogP contribution >= 0.6 is 0 Å². The fourth-order valence-corrected chi connectivity index (χ4v) is 2.98. The molecule has 0 aliphatic rings. The lowest BCUT2D eigenvalue weighted by atomic mass is 9.99. The van der Waals surface area contributed by atoms with Gasteiger partial charge < -0.3 is 5.11 Å². The van der Waals surface area contributed by atoms with Gasteiger partial charge in [0, 0.05) is 19.6 Å². The maximum absolute atomic E-state index is 10.3. The average Bonchev–Trinajstić information content (AvgIpc) is 2.57. The standard InChI is InChI=1S/C21H29NO/c1-3-10-21(23)18(2)15-22(16-19-11-6-4-7-12-19)17-20-13-8-5-9-14-20/h4-9,11-14,18,21,23H,3,10,15-17H2,1-2H3/t18-,21+/m1/s1.